The minimum Gasteiger partial charge on any atom is -0.495 e. The molecule has 27 heavy (non-hydrogen) atoms. The number of carbonyl (C=O) groups excluding carboxylic acids is 2. The zero-order valence-corrected chi connectivity index (χ0v) is 16.4. The first-order valence-corrected chi connectivity index (χ1v) is 9.29. The van der Waals surface area contributed by atoms with E-state index in [0.29, 0.717) is 30.3 Å². The molecule has 0 bridgehead atoms. The van der Waals surface area contributed by atoms with Crippen LogP contribution in [0, 0.1) is 5.92 Å². The number of amides is 2. The summed E-state index contributed by atoms with van der Waals surface area (Å²) in [5.41, 5.74) is 1.17. The molecule has 3 N–H and O–H groups in total. The number of halogens is 1. The van der Waals surface area contributed by atoms with E-state index in [0.717, 1.165) is 32.2 Å². The predicted octanol–water partition coefficient (Wildman–Crippen LogP) is 2.56. The van der Waals surface area contributed by atoms with Gasteiger partial charge in [0, 0.05) is 24.7 Å². The highest BCUT2D eigenvalue weighted by atomic mass is 35.5. The molecule has 8 heteroatoms. The number of nitrogens with one attached hydrogen (secondary N) is 3. The number of hydrogen-bond acceptors (Lipinski definition) is 5. The van der Waals surface area contributed by atoms with Gasteiger partial charge in [0.2, 0.25) is 5.91 Å². The van der Waals surface area contributed by atoms with Gasteiger partial charge in [-0.3, -0.25) is 9.59 Å². The van der Waals surface area contributed by atoms with Crippen molar-refractivity contribution in [3.8, 4) is 5.75 Å². The summed E-state index contributed by atoms with van der Waals surface area (Å²) in [5.74, 6) is 0.439. The van der Waals surface area contributed by atoms with Crippen LogP contribution in [0.25, 0.3) is 0 Å². The van der Waals surface area contributed by atoms with Gasteiger partial charge < -0.3 is 25.4 Å². The molecule has 1 atom stereocenters. The third kappa shape index (κ3) is 5.82. The number of carbonyl (C=O) groups is 2. The highest BCUT2D eigenvalue weighted by molar-refractivity contribution is 5.97. The fraction of sp³-hybridized carbons (Fsp3) is 0.579. The lowest BCUT2D eigenvalue weighted by Crippen LogP contribution is -2.45. The lowest BCUT2D eigenvalue weighted by Gasteiger charge is -2.23. The fourth-order valence-electron chi connectivity index (χ4n) is 3.44. The van der Waals surface area contributed by atoms with E-state index in [4.69, 9.17) is 9.47 Å². The summed E-state index contributed by atoms with van der Waals surface area (Å²) < 4.78 is 10.8. The van der Waals surface area contributed by atoms with E-state index in [1.54, 1.807) is 25.3 Å². The first kappa shape index (κ1) is 21.5. The minimum atomic E-state index is -0.508. The molecule has 0 radical (unpaired) electrons. The highest BCUT2D eigenvalue weighted by Crippen LogP contribution is 2.30. The van der Waals surface area contributed by atoms with Crippen LogP contribution in [0.15, 0.2) is 18.2 Å². The lowest BCUT2D eigenvalue weighted by atomic mass is 9.88. The van der Waals surface area contributed by atoms with Crippen molar-refractivity contribution in [1.82, 2.24) is 5.32 Å². The average Bonchev–Trinajstić information content (AvgIpc) is 2.69. The van der Waals surface area contributed by atoms with Crippen LogP contribution >= 0.6 is 12.4 Å². The smallest absolute Gasteiger partial charge is 0.254 e. The number of rotatable bonds is 5. The Balaban J connectivity index is 0.00000261. The summed E-state index contributed by atoms with van der Waals surface area (Å²) in [7, 11) is 1.56. The lowest BCUT2D eigenvalue weighted by molar-refractivity contribution is -0.128. The van der Waals surface area contributed by atoms with E-state index < -0.39 is 6.10 Å². The number of morpholine rings is 1. The number of methoxy groups -OCH3 is 1. The summed E-state index contributed by atoms with van der Waals surface area (Å²) in [6.45, 7) is 1.76. The van der Waals surface area contributed by atoms with Crippen molar-refractivity contribution in [2.45, 2.75) is 38.2 Å². The number of ether oxygens (including phenoxy) is 2. The van der Waals surface area contributed by atoms with Gasteiger partial charge in [-0.2, -0.15) is 0 Å². The minimum absolute atomic E-state index is 0. The van der Waals surface area contributed by atoms with Gasteiger partial charge in [0.25, 0.3) is 5.91 Å². The first-order chi connectivity index (χ1) is 12.7. The van der Waals surface area contributed by atoms with Gasteiger partial charge in [-0.15, -0.1) is 12.4 Å². The van der Waals surface area contributed by atoms with Crippen LogP contribution in [0.2, 0.25) is 0 Å². The van der Waals surface area contributed by atoms with Crippen molar-refractivity contribution < 1.29 is 19.1 Å². The monoisotopic (exact) mass is 397 g/mol. The Labute approximate surface area is 166 Å². The molecule has 3 rings (SSSR count). The van der Waals surface area contributed by atoms with Crippen LogP contribution in [0.3, 0.4) is 0 Å². The normalized spacial score (nSPS) is 20.3. The third-order valence-corrected chi connectivity index (χ3v) is 4.92. The van der Waals surface area contributed by atoms with Crippen LogP contribution in [-0.2, 0) is 14.3 Å². The summed E-state index contributed by atoms with van der Waals surface area (Å²) >= 11 is 0. The zero-order chi connectivity index (χ0) is 18.4. The summed E-state index contributed by atoms with van der Waals surface area (Å²) in [6.07, 6.45) is 4.74. The second-order valence-corrected chi connectivity index (χ2v) is 6.79. The molecule has 1 unspecified atom stereocenters. The van der Waals surface area contributed by atoms with Gasteiger partial charge in [0.15, 0.2) is 0 Å². The Morgan fingerprint density at radius 2 is 1.93 bits per heavy atom. The second-order valence-electron chi connectivity index (χ2n) is 6.79. The van der Waals surface area contributed by atoms with E-state index in [9.17, 15) is 9.59 Å². The van der Waals surface area contributed by atoms with Crippen molar-refractivity contribution in [1.29, 1.82) is 0 Å². The van der Waals surface area contributed by atoms with Crippen LogP contribution < -0.4 is 20.7 Å². The fourth-order valence-corrected chi connectivity index (χ4v) is 3.44. The third-order valence-electron chi connectivity index (χ3n) is 4.92. The van der Waals surface area contributed by atoms with E-state index in [-0.39, 0.29) is 30.1 Å². The van der Waals surface area contributed by atoms with E-state index in [1.165, 1.54) is 6.42 Å². The molecular weight excluding hydrogens is 370 g/mol. The highest BCUT2D eigenvalue weighted by Gasteiger charge is 2.24. The van der Waals surface area contributed by atoms with Gasteiger partial charge in [0.1, 0.15) is 11.9 Å². The molecule has 150 valence electrons. The molecule has 0 aromatic heterocycles. The first-order valence-electron chi connectivity index (χ1n) is 9.29. The predicted molar refractivity (Wildman–Crippen MR) is 107 cm³/mol. The molecule has 1 saturated carbocycles. The molecule has 2 fully saturated rings. The maximum Gasteiger partial charge on any atom is 0.254 e. The summed E-state index contributed by atoms with van der Waals surface area (Å²) in [6, 6.07) is 5.23. The van der Waals surface area contributed by atoms with Gasteiger partial charge in [-0.1, -0.05) is 19.3 Å². The zero-order valence-electron chi connectivity index (χ0n) is 15.6. The van der Waals surface area contributed by atoms with Gasteiger partial charge in [-0.25, -0.2) is 0 Å². The van der Waals surface area contributed by atoms with Crippen molar-refractivity contribution >= 4 is 35.6 Å². The molecule has 0 spiro atoms. The van der Waals surface area contributed by atoms with Gasteiger partial charge in [0.05, 0.1) is 19.4 Å². The van der Waals surface area contributed by atoms with E-state index in [2.05, 4.69) is 16.0 Å². The number of benzene rings is 1. The summed E-state index contributed by atoms with van der Waals surface area (Å²) in [4.78, 5) is 24.8. The molecule has 1 heterocycles. The van der Waals surface area contributed by atoms with Crippen LogP contribution in [-0.4, -0.2) is 44.7 Å². The maximum absolute atomic E-state index is 12.5. The van der Waals surface area contributed by atoms with Crippen LogP contribution in [0.4, 0.5) is 11.4 Å². The van der Waals surface area contributed by atoms with E-state index in [1.807, 2.05) is 0 Å². The molecule has 1 aliphatic heterocycles. The Kier molecular flexibility index (Phi) is 8.34. The van der Waals surface area contributed by atoms with Crippen LogP contribution in [0.1, 0.15) is 32.1 Å². The van der Waals surface area contributed by atoms with Gasteiger partial charge in [-0.05, 0) is 31.0 Å². The molecule has 1 aliphatic carbocycles. The second kappa shape index (κ2) is 10.5. The van der Waals surface area contributed by atoms with Crippen molar-refractivity contribution in [2.75, 3.05) is 37.4 Å². The van der Waals surface area contributed by atoms with Gasteiger partial charge >= 0.3 is 0 Å². The Hall–Kier alpha value is -1.83. The van der Waals surface area contributed by atoms with Crippen molar-refractivity contribution in [2.24, 2.45) is 5.92 Å². The standard InChI is InChI=1S/C19H27N3O4.ClH/c1-25-16-8-7-14(21-19(24)17-12-20-9-10-26-17)11-15(16)22-18(23)13-5-3-2-4-6-13;/h7-8,11,13,17,20H,2-6,9-10,12H2,1H3,(H,21,24)(H,22,23);1H. The Bertz CT molecular complexity index is 644. The average molecular weight is 398 g/mol. The van der Waals surface area contributed by atoms with Crippen molar-refractivity contribution in [3.05, 3.63) is 18.2 Å². The molecular formula is C19H28ClN3O4. The molecule has 2 amide bonds. The summed E-state index contributed by atoms with van der Waals surface area (Å²) in [5, 5.41) is 8.94. The number of hydrogen-bond donors (Lipinski definition) is 3. The molecule has 1 aromatic carbocycles. The molecule has 1 saturated heterocycles. The molecule has 1 aromatic rings. The van der Waals surface area contributed by atoms with Crippen molar-refractivity contribution in [3.63, 3.8) is 0 Å². The maximum atomic E-state index is 12.5. The quantitative estimate of drug-likeness (QED) is 0.710. The number of anilines is 2. The Morgan fingerprint density at radius 1 is 1.15 bits per heavy atom. The van der Waals surface area contributed by atoms with E-state index >= 15 is 0 Å². The van der Waals surface area contributed by atoms with Crippen LogP contribution in [0.5, 0.6) is 5.75 Å². The molecule has 7 nitrogen and oxygen atoms in total. The Morgan fingerprint density at radius 3 is 2.59 bits per heavy atom. The SMILES string of the molecule is COc1ccc(NC(=O)C2CNCCO2)cc1NC(=O)C1CCCCC1.Cl. The topological polar surface area (TPSA) is 88.7 Å². The molecule has 2 aliphatic rings. The largest absolute Gasteiger partial charge is 0.495 e.